The third kappa shape index (κ3) is 4.59. The average Bonchev–Trinajstić information content (AvgIpc) is 1.65. The van der Waals surface area contributed by atoms with Crippen molar-refractivity contribution in [2.75, 3.05) is 0 Å². The molecular formula is C4H4ClHgO2. The van der Waals surface area contributed by atoms with Gasteiger partial charge in [-0.1, -0.05) is 0 Å². The fourth-order valence-electron chi connectivity index (χ4n) is 0.204. The minimum atomic E-state index is -0.333. The summed E-state index contributed by atoms with van der Waals surface area (Å²) in [5.74, 6) is -0.333. The van der Waals surface area contributed by atoms with Crippen molar-refractivity contribution < 1.29 is 34.0 Å². The van der Waals surface area contributed by atoms with Crippen LogP contribution in [0.15, 0.2) is 11.1 Å². The third-order valence-electron chi connectivity index (χ3n) is 0.459. The topological polar surface area (TPSA) is 26.3 Å². The Morgan fingerprint density at radius 3 is 2.50 bits per heavy atom. The third-order valence-corrected chi connectivity index (χ3v) is 1.67. The van der Waals surface area contributed by atoms with Crippen LogP contribution in [0.4, 0.5) is 0 Å². The molecule has 0 atom stereocenters. The second-order valence-corrected chi connectivity index (χ2v) is 2.91. The van der Waals surface area contributed by atoms with Gasteiger partial charge < -0.3 is 0 Å². The molecule has 0 rings (SSSR count). The van der Waals surface area contributed by atoms with Crippen molar-refractivity contribution in [3.8, 4) is 0 Å². The first kappa shape index (κ1) is 8.44. The van der Waals surface area contributed by atoms with E-state index in [1.54, 1.807) is 6.92 Å². The Morgan fingerprint density at radius 1 is 1.88 bits per heavy atom. The monoisotopic (exact) mass is 321 g/mol. The molecule has 0 radical (unpaired) electrons. The van der Waals surface area contributed by atoms with Gasteiger partial charge in [0, 0.05) is 0 Å². The predicted octanol–water partition coefficient (Wildman–Crippen LogP) is 1.13. The van der Waals surface area contributed by atoms with Gasteiger partial charge in [0.15, 0.2) is 0 Å². The number of hydrogen-bond donors (Lipinski definition) is 0. The molecule has 0 spiro atoms. The molecule has 0 aromatic heterocycles. The van der Waals surface area contributed by atoms with Crippen LogP contribution in [0.25, 0.3) is 0 Å². The van der Waals surface area contributed by atoms with Crippen LogP contribution in [-0.2, 0) is 34.0 Å². The zero-order chi connectivity index (χ0) is 6.57. The SMILES string of the molecule is C/C(Cl)=C/C(=O)[O][Hg]. The number of carbonyl (C=O) groups is 1. The molecular weight excluding hydrogens is 316 g/mol. The molecule has 0 N–H and O–H groups in total. The van der Waals surface area contributed by atoms with E-state index in [0.29, 0.717) is 5.03 Å². The molecule has 0 saturated heterocycles. The maximum absolute atomic E-state index is 10.3. The minimum absolute atomic E-state index is 0.0740. The summed E-state index contributed by atoms with van der Waals surface area (Å²) in [6.07, 6.45) is 1.26. The first-order chi connectivity index (χ1) is 3.66. The van der Waals surface area contributed by atoms with Crippen molar-refractivity contribution in [2.45, 2.75) is 6.92 Å². The summed E-state index contributed by atoms with van der Waals surface area (Å²) in [5, 5.41) is 0.459. The molecule has 0 bridgehead atoms. The Kier molecular flexibility index (Phi) is 4.56. The van der Waals surface area contributed by atoms with E-state index in [1.807, 2.05) is 0 Å². The average molecular weight is 320 g/mol. The van der Waals surface area contributed by atoms with Crippen LogP contribution in [0.3, 0.4) is 0 Å². The van der Waals surface area contributed by atoms with Gasteiger partial charge in [-0.3, -0.25) is 0 Å². The Labute approximate surface area is 69.5 Å². The van der Waals surface area contributed by atoms with E-state index >= 15 is 0 Å². The molecule has 0 fully saturated rings. The molecule has 0 aliphatic carbocycles. The predicted molar refractivity (Wildman–Crippen MR) is 25.7 cm³/mol. The Bertz CT molecular complexity index is 117. The molecule has 8 heavy (non-hydrogen) atoms. The van der Waals surface area contributed by atoms with Gasteiger partial charge in [-0.2, -0.15) is 0 Å². The van der Waals surface area contributed by atoms with Gasteiger partial charge in [0.25, 0.3) is 0 Å². The Hall–Kier alpha value is 0.435. The van der Waals surface area contributed by atoms with Crippen LogP contribution in [0.1, 0.15) is 6.92 Å². The fourth-order valence-corrected chi connectivity index (χ4v) is 0.617. The van der Waals surface area contributed by atoms with Gasteiger partial charge in [-0.05, 0) is 0 Å². The van der Waals surface area contributed by atoms with Gasteiger partial charge in [-0.15, -0.1) is 0 Å². The molecule has 0 heterocycles. The van der Waals surface area contributed by atoms with E-state index in [2.05, 4.69) is 2.64 Å². The molecule has 0 unspecified atom stereocenters. The van der Waals surface area contributed by atoms with E-state index in [9.17, 15) is 4.79 Å². The molecule has 41 valence electrons. The van der Waals surface area contributed by atoms with Gasteiger partial charge >= 0.3 is 69.6 Å². The van der Waals surface area contributed by atoms with Gasteiger partial charge in [0.2, 0.25) is 0 Å². The van der Waals surface area contributed by atoms with Crippen LogP contribution in [0, 0.1) is 0 Å². The Morgan fingerprint density at radius 2 is 2.38 bits per heavy atom. The summed E-state index contributed by atoms with van der Waals surface area (Å²) in [4.78, 5) is 10.3. The van der Waals surface area contributed by atoms with Crippen molar-refractivity contribution in [2.24, 2.45) is 0 Å². The summed E-state index contributed by atoms with van der Waals surface area (Å²) in [6.45, 7) is 1.63. The van der Waals surface area contributed by atoms with Crippen LogP contribution in [0.2, 0.25) is 0 Å². The summed E-state index contributed by atoms with van der Waals surface area (Å²) >= 11 is 5.41. The fraction of sp³-hybridized carbons (Fsp3) is 0.250. The summed E-state index contributed by atoms with van der Waals surface area (Å²) in [5.41, 5.74) is 0. The van der Waals surface area contributed by atoms with Gasteiger partial charge in [-0.25, -0.2) is 0 Å². The molecule has 0 aliphatic rings. The van der Waals surface area contributed by atoms with E-state index < -0.39 is 0 Å². The number of allylic oxidation sites excluding steroid dienone is 1. The Balaban J connectivity index is 3.70. The molecule has 0 amide bonds. The summed E-state index contributed by atoms with van der Waals surface area (Å²) < 4.78 is 4.46. The number of carbonyl (C=O) groups excluding carboxylic acids is 1. The second-order valence-electron chi connectivity index (χ2n) is 1.19. The summed E-state index contributed by atoms with van der Waals surface area (Å²) in [6, 6.07) is 0. The van der Waals surface area contributed by atoms with Crippen molar-refractivity contribution in [3.63, 3.8) is 0 Å². The van der Waals surface area contributed by atoms with Crippen molar-refractivity contribution in [1.82, 2.24) is 0 Å². The molecule has 0 aliphatic heterocycles. The number of rotatable bonds is 1. The van der Waals surface area contributed by atoms with Crippen LogP contribution in [-0.4, -0.2) is 5.97 Å². The van der Waals surface area contributed by atoms with Crippen molar-refractivity contribution in [1.29, 1.82) is 0 Å². The number of halogens is 1. The van der Waals surface area contributed by atoms with Crippen molar-refractivity contribution in [3.05, 3.63) is 11.1 Å². The molecule has 4 heteroatoms. The first-order valence-electron chi connectivity index (χ1n) is 1.96. The zero-order valence-corrected chi connectivity index (χ0v) is 10.7. The summed E-state index contributed by atoms with van der Waals surface area (Å²) in [7, 11) is 0. The van der Waals surface area contributed by atoms with E-state index in [-0.39, 0.29) is 32.5 Å². The van der Waals surface area contributed by atoms with Crippen LogP contribution < -0.4 is 0 Å². The molecule has 0 saturated carbocycles. The molecule has 2 nitrogen and oxygen atoms in total. The van der Waals surface area contributed by atoms with Gasteiger partial charge in [0.1, 0.15) is 0 Å². The maximum atomic E-state index is 10.3. The van der Waals surface area contributed by atoms with E-state index in [4.69, 9.17) is 11.6 Å². The molecule has 0 aromatic carbocycles. The van der Waals surface area contributed by atoms with E-state index in [1.165, 1.54) is 6.08 Å². The second kappa shape index (κ2) is 4.33. The zero-order valence-electron chi connectivity index (χ0n) is 4.48. The van der Waals surface area contributed by atoms with E-state index in [0.717, 1.165) is 0 Å². The van der Waals surface area contributed by atoms with Crippen molar-refractivity contribution >= 4 is 17.6 Å². The van der Waals surface area contributed by atoms with Gasteiger partial charge in [0.05, 0.1) is 0 Å². The number of hydrogen-bond acceptors (Lipinski definition) is 2. The van der Waals surface area contributed by atoms with Crippen LogP contribution in [0.5, 0.6) is 0 Å². The first-order valence-corrected chi connectivity index (χ1v) is 4.59. The normalized spacial score (nSPS) is 11.2. The standard InChI is InChI=1S/C4H5ClO2.Hg/c1-3(5)2-4(6)7;/h2H,1H3,(H,6,7);/q;+1/p-1/b3-2-;. The quantitative estimate of drug-likeness (QED) is 0.535. The van der Waals surface area contributed by atoms with Crippen LogP contribution >= 0.6 is 11.6 Å². The molecule has 0 aromatic rings.